The molecule has 0 bridgehead atoms. The van der Waals surface area contributed by atoms with Crippen molar-refractivity contribution >= 4 is 17.9 Å². The van der Waals surface area contributed by atoms with Gasteiger partial charge in [-0.3, -0.25) is 4.79 Å². The van der Waals surface area contributed by atoms with Crippen LogP contribution in [-0.4, -0.2) is 11.9 Å². The summed E-state index contributed by atoms with van der Waals surface area (Å²) in [6.07, 6.45) is 3.00. The Bertz CT molecular complexity index is 639. The Kier molecular flexibility index (Phi) is 4.29. The molecule has 4 heteroatoms. The van der Waals surface area contributed by atoms with Crippen molar-refractivity contribution in [3.8, 4) is 11.1 Å². The average molecular weight is 265 g/mol. The topological polar surface area (TPSA) is 81.5 Å². The maximum Gasteiger partial charge on any atom is 0.272 e. The van der Waals surface area contributed by atoms with Crippen molar-refractivity contribution in [1.29, 1.82) is 0 Å². The lowest BCUT2D eigenvalue weighted by molar-refractivity contribution is -0.113. The highest BCUT2D eigenvalue weighted by atomic mass is 16.1. The van der Waals surface area contributed by atoms with E-state index in [0.717, 1.165) is 16.7 Å². The molecule has 0 fully saturated rings. The summed E-state index contributed by atoms with van der Waals surface area (Å²) < 4.78 is 0. The van der Waals surface area contributed by atoms with E-state index >= 15 is 0 Å². The van der Waals surface area contributed by atoms with Crippen molar-refractivity contribution in [2.24, 2.45) is 16.5 Å². The molecule has 2 aromatic rings. The van der Waals surface area contributed by atoms with Crippen molar-refractivity contribution in [2.75, 3.05) is 0 Å². The number of carbonyl (C=O) groups excluding carboxylic acids is 1. The Morgan fingerprint density at radius 2 is 1.50 bits per heavy atom. The van der Waals surface area contributed by atoms with E-state index in [9.17, 15) is 4.79 Å². The quantitative estimate of drug-likeness (QED) is 0.507. The van der Waals surface area contributed by atoms with Gasteiger partial charge in [0.2, 0.25) is 0 Å². The number of hydrogen-bond donors (Lipinski definition) is 2. The molecule has 2 rings (SSSR count). The minimum atomic E-state index is -0.475. The number of guanidine groups is 1. The first-order chi connectivity index (χ1) is 9.65. The highest BCUT2D eigenvalue weighted by Crippen LogP contribution is 2.19. The Labute approximate surface area is 117 Å². The molecule has 0 unspecified atom stereocenters. The molecule has 1 amide bonds. The maximum atomic E-state index is 11.3. The van der Waals surface area contributed by atoms with Gasteiger partial charge >= 0.3 is 0 Å². The van der Waals surface area contributed by atoms with E-state index in [1.54, 1.807) is 6.08 Å². The molecular weight excluding hydrogens is 250 g/mol. The van der Waals surface area contributed by atoms with Crippen LogP contribution in [0.1, 0.15) is 5.56 Å². The van der Waals surface area contributed by atoms with Gasteiger partial charge in [-0.15, -0.1) is 0 Å². The van der Waals surface area contributed by atoms with Crippen molar-refractivity contribution in [3.05, 3.63) is 66.2 Å². The van der Waals surface area contributed by atoms with Crippen molar-refractivity contribution < 1.29 is 4.79 Å². The maximum absolute atomic E-state index is 11.3. The van der Waals surface area contributed by atoms with E-state index in [1.807, 2.05) is 54.6 Å². The summed E-state index contributed by atoms with van der Waals surface area (Å²) in [5.41, 5.74) is 13.4. The van der Waals surface area contributed by atoms with Gasteiger partial charge in [-0.2, -0.15) is 4.99 Å². The van der Waals surface area contributed by atoms with Crippen molar-refractivity contribution in [3.63, 3.8) is 0 Å². The Hall–Kier alpha value is -2.88. The van der Waals surface area contributed by atoms with Gasteiger partial charge in [0.1, 0.15) is 0 Å². The standard InChI is InChI=1S/C16H15N3O/c17-16(18)19-15(20)11-8-12-6-9-14(10-7-12)13-4-2-1-3-5-13/h1-11H,(H4,17,18,19,20). The van der Waals surface area contributed by atoms with Crippen LogP contribution in [-0.2, 0) is 4.79 Å². The molecule has 0 heterocycles. The minimum Gasteiger partial charge on any atom is -0.370 e. The normalized spacial score (nSPS) is 10.4. The third kappa shape index (κ3) is 3.81. The Balaban J connectivity index is 2.11. The smallest absolute Gasteiger partial charge is 0.272 e. The average Bonchev–Trinajstić information content (AvgIpc) is 2.46. The lowest BCUT2D eigenvalue weighted by Crippen LogP contribution is -2.23. The molecule has 0 aliphatic carbocycles. The third-order valence-electron chi connectivity index (χ3n) is 2.68. The fraction of sp³-hybridized carbons (Fsp3) is 0. The molecule has 0 saturated carbocycles. The second-order valence-corrected chi connectivity index (χ2v) is 4.20. The minimum absolute atomic E-state index is 0.237. The summed E-state index contributed by atoms with van der Waals surface area (Å²) in [7, 11) is 0. The molecule has 2 aromatic carbocycles. The summed E-state index contributed by atoms with van der Waals surface area (Å²) in [5.74, 6) is -0.712. The second-order valence-electron chi connectivity index (χ2n) is 4.20. The molecule has 0 atom stereocenters. The number of carbonyl (C=O) groups is 1. The fourth-order valence-electron chi connectivity index (χ4n) is 1.75. The second kappa shape index (κ2) is 6.33. The van der Waals surface area contributed by atoms with Gasteiger partial charge < -0.3 is 11.5 Å². The van der Waals surface area contributed by atoms with Gasteiger partial charge in [0, 0.05) is 6.08 Å². The zero-order chi connectivity index (χ0) is 14.4. The molecule has 0 radical (unpaired) electrons. The Morgan fingerprint density at radius 3 is 2.10 bits per heavy atom. The predicted molar refractivity (Wildman–Crippen MR) is 81.7 cm³/mol. The van der Waals surface area contributed by atoms with Gasteiger partial charge in [-0.05, 0) is 22.8 Å². The highest BCUT2D eigenvalue weighted by molar-refractivity contribution is 5.99. The van der Waals surface area contributed by atoms with E-state index in [1.165, 1.54) is 6.08 Å². The summed E-state index contributed by atoms with van der Waals surface area (Å²) >= 11 is 0. The van der Waals surface area contributed by atoms with Crippen LogP contribution < -0.4 is 11.5 Å². The number of hydrogen-bond acceptors (Lipinski definition) is 1. The molecule has 0 spiro atoms. The summed E-state index contributed by atoms with van der Waals surface area (Å²) in [4.78, 5) is 14.7. The number of nitrogens with zero attached hydrogens (tertiary/aromatic N) is 1. The molecule has 20 heavy (non-hydrogen) atoms. The molecular formula is C16H15N3O. The number of aliphatic imine (C=N–C) groups is 1. The first-order valence-electron chi connectivity index (χ1n) is 6.12. The third-order valence-corrected chi connectivity index (χ3v) is 2.68. The molecule has 0 saturated heterocycles. The van der Waals surface area contributed by atoms with Crippen LogP contribution in [0.3, 0.4) is 0 Å². The molecule has 0 aliphatic heterocycles. The number of nitrogens with two attached hydrogens (primary N) is 2. The number of rotatable bonds is 3. The Morgan fingerprint density at radius 1 is 0.900 bits per heavy atom. The van der Waals surface area contributed by atoms with Gasteiger partial charge in [0.15, 0.2) is 5.96 Å². The van der Waals surface area contributed by atoms with Crippen molar-refractivity contribution in [2.45, 2.75) is 0 Å². The van der Waals surface area contributed by atoms with Gasteiger partial charge in [-0.1, -0.05) is 54.6 Å². The summed E-state index contributed by atoms with van der Waals surface area (Å²) in [6, 6.07) is 17.9. The number of amides is 1. The largest absolute Gasteiger partial charge is 0.370 e. The van der Waals surface area contributed by atoms with Crippen LogP contribution in [0.5, 0.6) is 0 Å². The summed E-state index contributed by atoms with van der Waals surface area (Å²) in [6.45, 7) is 0. The van der Waals surface area contributed by atoms with Crippen LogP contribution in [0.2, 0.25) is 0 Å². The van der Waals surface area contributed by atoms with Gasteiger partial charge in [-0.25, -0.2) is 0 Å². The van der Waals surface area contributed by atoms with Crippen LogP contribution in [0.25, 0.3) is 17.2 Å². The van der Waals surface area contributed by atoms with E-state index < -0.39 is 5.91 Å². The van der Waals surface area contributed by atoms with Gasteiger partial charge in [0.05, 0.1) is 0 Å². The van der Waals surface area contributed by atoms with Crippen LogP contribution in [0.15, 0.2) is 65.7 Å². The molecule has 0 aliphatic rings. The van der Waals surface area contributed by atoms with E-state index in [4.69, 9.17) is 11.5 Å². The first-order valence-corrected chi connectivity index (χ1v) is 6.12. The van der Waals surface area contributed by atoms with Gasteiger partial charge in [0.25, 0.3) is 5.91 Å². The zero-order valence-electron chi connectivity index (χ0n) is 10.9. The van der Waals surface area contributed by atoms with Crippen LogP contribution in [0.4, 0.5) is 0 Å². The fourth-order valence-corrected chi connectivity index (χ4v) is 1.75. The molecule has 4 N–H and O–H groups in total. The lowest BCUT2D eigenvalue weighted by atomic mass is 10.0. The highest BCUT2D eigenvalue weighted by Gasteiger charge is 1.96. The molecule has 4 nitrogen and oxygen atoms in total. The lowest BCUT2D eigenvalue weighted by Gasteiger charge is -2.01. The van der Waals surface area contributed by atoms with E-state index in [0.29, 0.717) is 0 Å². The van der Waals surface area contributed by atoms with Crippen LogP contribution >= 0.6 is 0 Å². The zero-order valence-corrected chi connectivity index (χ0v) is 10.9. The molecule has 100 valence electrons. The van der Waals surface area contributed by atoms with Crippen LogP contribution in [0, 0.1) is 0 Å². The summed E-state index contributed by atoms with van der Waals surface area (Å²) in [5, 5.41) is 0. The molecule has 0 aromatic heterocycles. The van der Waals surface area contributed by atoms with E-state index in [2.05, 4.69) is 4.99 Å². The van der Waals surface area contributed by atoms with Crippen molar-refractivity contribution in [1.82, 2.24) is 0 Å². The number of benzene rings is 2. The monoisotopic (exact) mass is 265 g/mol. The van der Waals surface area contributed by atoms with E-state index in [-0.39, 0.29) is 5.96 Å². The first kappa shape index (κ1) is 13.5. The predicted octanol–water partition coefficient (Wildman–Crippen LogP) is 2.17. The SMILES string of the molecule is NC(N)=NC(=O)C=Cc1ccc(-c2ccccc2)cc1.